The molecule has 0 bridgehead atoms. The first-order valence-electron chi connectivity index (χ1n) is 10.2. The third-order valence-electron chi connectivity index (χ3n) is 6.56. The van der Waals surface area contributed by atoms with Crippen LogP contribution in [-0.2, 0) is 11.8 Å². The molecule has 1 fully saturated rings. The van der Waals surface area contributed by atoms with Crippen LogP contribution in [-0.4, -0.2) is 19.6 Å². The fourth-order valence-electron chi connectivity index (χ4n) is 4.82. The Hall–Kier alpha value is -2.00. The van der Waals surface area contributed by atoms with Crippen LogP contribution in [0, 0.1) is 0 Å². The molecule has 1 saturated carbocycles. The summed E-state index contributed by atoms with van der Waals surface area (Å²) < 4.78 is 5.74. The molecule has 1 N–H and O–H groups in total. The summed E-state index contributed by atoms with van der Waals surface area (Å²) in [6.07, 6.45) is 10.6. The fraction of sp³-hybridized carbons (Fsp3) is 0.417. The zero-order valence-electron chi connectivity index (χ0n) is 16.6. The van der Waals surface area contributed by atoms with Crippen molar-refractivity contribution in [2.45, 2.75) is 57.3 Å². The summed E-state index contributed by atoms with van der Waals surface area (Å²) in [6.45, 7) is 2.40. The van der Waals surface area contributed by atoms with Gasteiger partial charge in [0.2, 0.25) is 0 Å². The van der Waals surface area contributed by atoms with Crippen molar-refractivity contribution in [2.75, 3.05) is 7.11 Å². The second-order valence-corrected chi connectivity index (χ2v) is 8.41. The van der Waals surface area contributed by atoms with E-state index in [9.17, 15) is 5.02 Å². The molecular formula is C24H29BO2. The number of fused-ring (bicyclic) bond motifs is 1. The minimum Gasteiger partial charge on any atom is -0.496 e. The maximum Gasteiger partial charge on any atom is 0.300 e. The average molecular weight is 360 g/mol. The molecule has 0 heterocycles. The zero-order chi connectivity index (χ0) is 18.9. The molecular weight excluding hydrogens is 331 g/mol. The maximum absolute atomic E-state index is 9.40. The van der Waals surface area contributed by atoms with Crippen molar-refractivity contribution < 1.29 is 9.76 Å². The molecule has 0 radical (unpaired) electrons. The van der Waals surface area contributed by atoms with Gasteiger partial charge in [0.1, 0.15) is 5.75 Å². The summed E-state index contributed by atoms with van der Waals surface area (Å²) in [5.41, 5.74) is 7.89. The third-order valence-corrected chi connectivity index (χ3v) is 6.56. The first-order valence-corrected chi connectivity index (χ1v) is 10.2. The van der Waals surface area contributed by atoms with Crippen LogP contribution in [0.2, 0.25) is 0 Å². The normalized spacial score (nSPS) is 18.4. The first kappa shape index (κ1) is 18.4. The SMILES string of the molecule is COc1ccc(-c2ccc3c(c2)CCC(BO)=C3)cc1C1(C)CCCCC1. The second kappa shape index (κ2) is 7.56. The van der Waals surface area contributed by atoms with Crippen molar-refractivity contribution in [2.24, 2.45) is 0 Å². The summed E-state index contributed by atoms with van der Waals surface area (Å²) in [4.78, 5) is 0. The molecule has 0 spiro atoms. The number of hydrogen-bond donors (Lipinski definition) is 1. The molecule has 2 nitrogen and oxygen atoms in total. The van der Waals surface area contributed by atoms with E-state index < -0.39 is 0 Å². The van der Waals surface area contributed by atoms with Gasteiger partial charge in [-0.25, -0.2) is 0 Å². The van der Waals surface area contributed by atoms with Crippen LogP contribution >= 0.6 is 0 Å². The number of allylic oxidation sites excluding steroid dienone is 1. The zero-order valence-corrected chi connectivity index (χ0v) is 16.6. The van der Waals surface area contributed by atoms with Crippen LogP contribution in [0.3, 0.4) is 0 Å². The molecule has 2 aliphatic carbocycles. The molecule has 4 rings (SSSR count). The van der Waals surface area contributed by atoms with E-state index in [0.717, 1.165) is 24.1 Å². The lowest BCUT2D eigenvalue weighted by Crippen LogP contribution is -2.25. The summed E-state index contributed by atoms with van der Waals surface area (Å²) in [6, 6.07) is 13.4. The minimum absolute atomic E-state index is 0.168. The van der Waals surface area contributed by atoms with Gasteiger partial charge in [0.05, 0.1) is 7.11 Å². The van der Waals surface area contributed by atoms with Crippen LogP contribution in [0.4, 0.5) is 0 Å². The quantitative estimate of drug-likeness (QED) is 0.758. The van der Waals surface area contributed by atoms with Crippen molar-refractivity contribution >= 4 is 13.6 Å². The van der Waals surface area contributed by atoms with E-state index in [1.165, 1.54) is 59.9 Å². The molecule has 2 aromatic carbocycles. The Balaban J connectivity index is 1.73. The Labute approximate surface area is 163 Å². The lowest BCUT2D eigenvalue weighted by atomic mass is 9.70. The van der Waals surface area contributed by atoms with Gasteiger partial charge in [0.15, 0.2) is 0 Å². The molecule has 3 heteroatoms. The number of aryl methyl sites for hydroxylation is 1. The highest BCUT2D eigenvalue weighted by atomic mass is 16.5. The Bertz CT molecular complexity index is 863. The number of hydrogen-bond acceptors (Lipinski definition) is 2. The van der Waals surface area contributed by atoms with Gasteiger partial charge in [-0.3, -0.25) is 0 Å². The maximum atomic E-state index is 9.40. The number of ether oxygens (including phenoxy) is 1. The summed E-state index contributed by atoms with van der Waals surface area (Å²) >= 11 is 0. The number of benzene rings is 2. The van der Waals surface area contributed by atoms with Crippen molar-refractivity contribution in [3.8, 4) is 16.9 Å². The van der Waals surface area contributed by atoms with E-state index in [4.69, 9.17) is 4.74 Å². The van der Waals surface area contributed by atoms with Gasteiger partial charge in [-0.1, -0.05) is 62.0 Å². The van der Waals surface area contributed by atoms with Crippen LogP contribution in [0.5, 0.6) is 5.75 Å². The van der Waals surface area contributed by atoms with E-state index in [-0.39, 0.29) is 12.9 Å². The van der Waals surface area contributed by atoms with E-state index in [2.05, 4.69) is 49.4 Å². The molecule has 0 amide bonds. The van der Waals surface area contributed by atoms with E-state index >= 15 is 0 Å². The standard InChI is InChI=1S/C24H29BO2/c1-24(12-4-3-5-13-24)22-16-20(9-11-23(22)27-2)17-6-7-19-15-21(25-26)10-8-18(19)14-17/h6-7,9,11,14-16,25-26H,3-5,8,10,12-13H2,1-2H3. The highest BCUT2D eigenvalue weighted by Crippen LogP contribution is 2.44. The van der Waals surface area contributed by atoms with Gasteiger partial charge in [0.25, 0.3) is 0 Å². The predicted octanol–water partition coefficient (Wildman–Crippen LogP) is 5.21. The summed E-state index contributed by atoms with van der Waals surface area (Å²) in [5.74, 6) is 1.02. The third kappa shape index (κ3) is 3.58. The van der Waals surface area contributed by atoms with E-state index in [1.54, 1.807) is 7.11 Å². The van der Waals surface area contributed by atoms with Gasteiger partial charge >= 0.3 is 7.48 Å². The minimum atomic E-state index is 0.168. The van der Waals surface area contributed by atoms with Crippen LogP contribution in [0.15, 0.2) is 41.9 Å². The smallest absolute Gasteiger partial charge is 0.300 e. The van der Waals surface area contributed by atoms with Gasteiger partial charge in [-0.05, 0) is 65.5 Å². The van der Waals surface area contributed by atoms with Crippen molar-refractivity contribution in [3.05, 3.63) is 58.6 Å². The molecule has 140 valence electrons. The highest BCUT2D eigenvalue weighted by Gasteiger charge is 2.31. The predicted molar refractivity (Wildman–Crippen MR) is 115 cm³/mol. The van der Waals surface area contributed by atoms with Crippen molar-refractivity contribution in [1.29, 1.82) is 0 Å². The Morgan fingerprint density at radius 1 is 0.963 bits per heavy atom. The van der Waals surface area contributed by atoms with Crippen LogP contribution in [0.25, 0.3) is 17.2 Å². The topological polar surface area (TPSA) is 29.5 Å². The lowest BCUT2D eigenvalue weighted by molar-refractivity contribution is 0.304. The number of methoxy groups -OCH3 is 1. The molecule has 0 atom stereocenters. The molecule has 27 heavy (non-hydrogen) atoms. The fourth-order valence-corrected chi connectivity index (χ4v) is 4.82. The van der Waals surface area contributed by atoms with E-state index in [0.29, 0.717) is 0 Å². The molecule has 0 saturated heterocycles. The van der Waals surface area contributed by atoms with Crippen LogP contribution in [0.1, 0.15) is 62.1 Å². The Kier molecular flexibility index (Phi) is 5.14. The number of rotatable bonds is 4. The van der Waals surface area contributed by atoms with E-state index in [1.807, 2.05) is 0 Å². The van der Waals surface area contributed by atoms with Gasteiger partial charge in [-0.2, -0.15) is 0 Å². The van der Waals surface area contributed by atoms with Gasteiger partial charge < -0.3 is 9.76 Å². The van der Waals surface area contributed by atoms with Crippen molar-refractivity contribution in [3.63, 3.8) is 0 Å². The Morgan fingerprint density at radius 2 is 1.70 bits per heavy atom. The summed E-state index contributed by atoms with van der Waals surface area (Å²) in [5, 5.41) is 9.40. The molecule has 0 unspecified atom stereocenters. The molecule has 0 aromatic heterocycles. The van der Waals surface area contributed by atoms with Gasteiger partial charge in [0, 0.05) is 5.56 Å². The molecule has 2 aromatic rings. The molecule has 0 aliphatic heterocycles. The first-order chi connectivity index (χ1) is 13.1. The Morgan fingerprint density at radius 3 is 2.44 bits per heavy atom. The van der Waals surface area contributed by atoms with Gasteiger partial charge in [-0.15, -0.1) is 0 Å². The largest absolute Gasteiger partial charge is 0.496 e. The van der Waals surface area contributed by atoms with Crippen LogP contribution < -0.4 is 4.74 Å². The average Bonchev–Trinajstić information content (AvgIpc) is 2.73. The van der Waals surface area contributed by atoms with Crippen molar-refractivity contribution in [1.82, 2.24) is 0 Å². The molecule has 2 aliphatic rings. The summed E-state index contributed by atoms with van der Waals surface area (Å²) in [7, 11) is 1.95. The lowest BCUT2D eigenvalue weighted by Gasteiger charge is -2.35. The highest BCUT2D eigenvalue weighted by molar-refractivity contribution is 6.38. The second-order valence-electron chi connectivity index (χ2n) is 8.41. The monoisotopic (exact) mass is 360 g/mol.